The number of non-ortho nitro benzene ring substituents is 1. The van der Waals surface area contributed by atoms with Gasteiger partial charge in [0.15, 0.2) is 0 Å². The molecule has 4 heteroatoms. The van der Waals surface area contributed by atoms with Crippen molar-refractivity contribution in [2.75, 3.05) is 0 Å². The normalized spacial score (nSPS) is 8.43. The third-order valence-corrected chi connectivity index (χ3v) is 1.92. The summed E-state index contributed by atoms with van der Waals surface area (Å²) in [5, 5.41) is 10.4. The van der Waals surface area contributed by atoms with Crippen molar-refractivity contribution in [1.82, 2.24) is 0 Å². The molecule has 0 fully saturated rings. The summed E-state index contributed by atoms with van der Waals surface area (Å²) < 4.78 is 0. The van der Waals surface area contributed by atoms with Crippen molar-refractivity contribution in [3.8, 4) is 0 Å². The molecule has 1 rings (SSSR count). The first-order chi connectivity index (χ1) is 5.65. The predicted octanol–water partition coefficient (Wildman–Crippen LogP) is 2.91. The molecule has 0 aliphatic heterocycles. The molecule has 3 nitrogen and oxygen atoms in total. The zero-order valence-electron chi connectivity index (χ0n) is 8.78. The van der Waals surface area contributed by atoms with Crippen molar-refractivity contribution in [3.63, 3.8) is 0 Å². The molecule has 0 atom stereocenters. The van der Waals surface area contributed by atoms with Crippen LogP contribution in [-0.4, -0.2) is 4.92 Å². The van der Waals surface area contributed by atoms with Gasteiger partial charge in [0, 0.05) is 44.8 Å². The molecule has 0 aromatic heterocycles. The van der Waals surface area contributed by atoms with Gasteiger partial charge < -0.3 is 7.43 Å². The molecular weight excluding hydrogens is 255 g/mol. The van der Waals surface area contributed by atoms with Crippen LogP contribution in [0.25, 0.3) is 0 Å². The zero-order chi connectivity index (χ0) is 9.14. The van der Waals surface area contributed by atoms with Gasteiger partial charge in [-0.25, -0.2) is 0 Å². The van der Waals surface area contributed by atoms with Gasteiger partial charge in [-0.05, 0) is 24.5 Å². The fraction of sp³-hybridized carbons (Fsp3) is 0.300. The van der Waals surface area contributed by atoms with Gasteiger partial charge in [-0.1, -0.05) is 13.0 Å². The summed E-state index contributed by atoms with van der Waals surface area (Å²) in [5.74, 6) is 0. The Morgan fingerprint density at radius 2 is 2.00 bits per heavy atom. The molecule has 0 amide bonds. The maximum Gasteiger partial charge on any atom is 0.269 e. The third-order valence-electron chi connectivity index (χ3n) is 1.92. The Balaban J connectivity index is 0. The second-order valence-corrected chi connectivity index (χ2v) is 2.72. The number of nitro benzene ring substituents is 1. The number of nitro groups is 1. The molecule has 0 aliphatic rings. The monoisotopic (exact) mass is 269 g/mol. The average molecular weight is 269 g/mol. The molecule has 0 unspecified atom stereocenters. The van der Waals surface area contributed by atoms with E-state index in [1.165, 1.54) is 5.56 Å². The van der Waals surface area contributed by atoms with Crippen LogP contribution < -0.4 is 0 Å². The first-order valence-electron chi connectivity index (χ1n) is 3.89. The van der Waals surface area contributed by atoms with E-state index in [0.717, 1.165) is 12.0 Å². The van der Waals surface area contributed by atoms with Gasteiger partial charge in [0.25, 0.3) is 5.69 Å². The van der Waals surface area contributed by atoms with E-state index in [1.54, 1.807) is 12.1 Å². The SMILES string of the molecule is CCc1ccc([N+](=O)[O-])cc1C.[CH3-].[Y]. The number of nitrogens with zero attached hydrogens (tertiary/aromatic N) is 1. The minimum Gasteiger partial charge on any atom is -0.358 e. The quantitative estimate of drug-likeness (QED) is 0.470. The standard InChI is InChI=1S/C9H11NO2.CH3.Y/c1-3-8-4-5-9(10(11)12)6-7(8)2;;/h4-6H,3H2,1-2H3;1H3;/q;-1;. The summed E-state index contributed by atoms with van der Waals surface area (Å²) in [5.41, 5.74) is 2.33. The van der Waals surface area contributed by atoms with Crippen LogP contribution in [0.1, 0.15) is 18.1 Å². The molecule has 1 aromatic rings. The first-order valence-corrected chi connectivity index (χ1v) is 3.89. The first kappa shape index (κ1) is 16.2. The molecular formula is C10H14NO2Y-. The Morgan fingerprint density at radius 3 is 2.36 bits per heavy atom. The minimum atomic E-state index is -0.369. The summed E-state index contributed by atoms with van der Waals surface area (Å²) >= 11 is 0. The van der Waals surface area contributed by atoms with E-state index in [1.807, 2.05) is 19.9 Å². The Bertz CT molecular complexity index is 313. The van der Waals surface area contributed by atoms with Gasteiger partial charge in [-0.15, -0.1) is 0 Å². The van der Waals surface area contributed by atoms with Crippen molar-refractivity contribution < 1.29 is 37.6 Å². The van der Waals surface area contributed by atoms with Gasteiger partial charge in [0.05, 0.1) is 4.92 Å². The van der Waals surface area contributed by atoms with E-state index in [2.05, 4.69) is 0 Å². The van der Waals surface area contributed by atoms with Crippen LogP contribution in [0, 0.1) is 24.5 Å². The van der Waals surface area contributed by atoms with Crippen LogP contribution in [0.5, 0.6) is 0 Å². The molecule has 1 radical (unpaired) electrons. The van der Waals surface area contributed by atoms with Crippen LogP contribution in [0.4, 0.5) is 5.69 Å². The van der Waals surface area contributed by atoms with Crippen LogP contribution in [0.2, 0.25) is 0 Å². The summed E-state index contributed by atoms with van der Waals surface area (Å²) in [7, 11) is 0. The minimum absolute atomic E-state index is 0. The van der Waals surface area contributed by atoms with Crippen molar-refractivity contribution in [2.45, 2.75) is 20.3 Å². The van der Waals surface area contributed by atoms with Crippen LogP contribution >= 0.6 is 0 Å². The summed E-state index contributed by atoms with van der Waals surface area (Å²) in [6.45, 7) is 3.93. The van der Waals surface area contributed by atoms with E-state index in [4.69, 9.17) is 0 Å². The molecule has 14 heavy (non-hydrogen) atoms. The smallest absolute Gasteiger partial charge is 0.269 e. The average Bonchev–Trinajstić information content (AvgIpc) is 2.04. The Hall–Kier alpha value is -0.276. The van der Waals surface area contributed by atoms with Gasteiger partial charge in [0.2, 0.25) is 0 Å². The summed E-state index contributed by atoms with van der Waals surface area (Å²) in [6.07, 6.45) is 0.920. The van der Waals surface area contributed by atoms with Crippen molar-refractivity contribution in [1.29, 1.82) is 0 Å². The maximum atomic E-state index is 10.4. The number of hydrogen-bond acceptors (Lipinski definition) is 2. The van der Waals surface area contributed by atoms with E-state index < -0.39 is 0 Å². The van der Waals surface area contributed by atoms with E-state index >= 15 is 0 Å². The Morgan fingerprint density at radius 1 is 1.43 bits per heavy atom. The van der Waals surface area contributed by atoms with Gasteiger partial charge >= 0.3 is 0 Å². The van der Waals surface area contributed by atoms with E-state index in [-0.39, 0.29) is 50.7 Å². The number of benzene rings is 1. The van der Waals surface area contributed by atoms with Crippen molar-refractivity contribution >= 4 is 5.69 Å². The topological polar surface area (TPSA) is 43.1 Å². The van der Waals surface area contributed by atoms with E-state index in [9.17, 15) is 10.1 Å². The third kappa shape index (κ3) is 3.85. The molecule has 0 N–H and O–H groups in total. The van der Waals surface area contributed by atoms with Crippen molar-refractivity contribution in [3.05, 3.63) is 46.9 Å². The van der Waals surface area contributed by atoms with Gasteiger partial charge in [0.1, 0.15) is 0 Å². The Kier molecular flexibility index (Phi) is 8.17. The molecule has 0 bridgehead atoms. The maximum absolute atomic E-state index is 10.4. The number of hydrogen-bond donors (Lipinski definition) is 0. The molecule has 0 aliphatic carbocycles. The van der Waals surface area contributed by atoms with Crippen LogP contribution in [-0.2, 0) is 39.1 Å². The van der Waals surface area contributed by atoms with Gasteiger partial charge in [-0.2, -0.15) is 0 Å². The van der Waals surface area contributed by atoms with Crippen LogP contribution in [0.15, 0.2) is 18.2 Å². The molecule has 0 saturated heterocycles. The van der Waals surface area contributed by atoms with E-state index in [0.29, 0.717) is 0 Å². The number of rotatable bonds is 2. The Labute approximate surface area is 110 Å². The molecule has 1 aromatic carbocycles. The van der Waals surface area contributed by atoms with Gasteiger partial charge in [-0.3, -0.25) is 10.1 Å². The van der Waals surface area contributed by atoms with Crippen LogP contribution in [0.3, 0.4) is 0 Å². The molecule has 75 valence electrons. The fourth-order valence-electron chi connectivity index (χ4n) is 1.19. The van der Waals surface area contributed by atoms with Crippen molar-refractivity contribution in [2.24, 2.45) is 0 Å². The molecule has 0 heterocycles. The molecule has 0 saturated carbocycles. The number of aryl methyl sites for hydroxylation is 2. The largest absolute Gasteiger partial charge is 0.358 e. The zero-order valence-corrected chi connectivity index (χ0v) is 11.6. The second kappa shape index (κ2) is 7.07. The predicted molar refractivity (Wildman–Crippen MR) is 53.6 cm³/mol. The second-order valence-electron chi connectivity index (χ2n) is 2.72. The fourth-order valence-corrected chi connectivity index (χ4v) is 1.19. The summed E-state index contributed by atoms with van der Waals surface area (Å²) in [6, 6.07) is 4.97. The summed E-state index contributed by atoms with van der Waals surface area (Å²) in [4.78, 5) is 9.99. The molecule has 0 spiro atoms.